The second kappa shape index (κ2) is 37.2. The van der Waals surface area contributed by atoms with Gasteiger partial charge in [-0.3, -0.25) is 18.9 Å². The highest BCUT2D eigenvalue weighted by Gasteiger charge is 2.21. The zero-order valence-corrected chi connectivity index (χ0v) is 36.9. The van der Waals surface area contributed by atoms with E-state index < -0.39 is 32.5 Å². The molecule has 0 aliphatic carbocycles. The lowest BCUT2D eigenvalue weighted by molar-refractivity contribution is -0.870. The number of phosphoric acid groups is 1. The molecule has 0 rings (SSSR count). The zero-order chi connectivity index (χ0) is 42.3. The van der Waals surface area contributed by atoms with Crippen molar-refractivity contribution in [1.82, 2.24) is 0 Å². The number of ketones is 1. The number of quaternary nitrogens is 1. The first-order valence-corrected chi connectivity index (χ1v) is 22.7. The predicted octanol–water partition coefficient (Wildman–Crippen LogP) is 10.6. The molecule has 0 aromatic rings. The van der Waals surface area contributed by atoms with Crippen LogP contribution in [0, 0.1) is 0 Å². The number of unbranched alkanes of at least 4 members (excludes halogenated alkanes) is 8. The second-order valence-electron chi connectivity index (χ2n) is 15.0. The van der Waals surface area contributed by atoms with Gasteiger partial charge in [-0.25, -0.2) is 0 Å². The van der Waals surface area contributed by atoms with Crippen LogP contribution in [0.5, 0.6) is 0 Å². The molecule has 0 aromatic heterocycles. The quantitative estimate of drug-likeness (QED) is 0.0114. The first-order valence-electron chi connectivity index (χ1n) is 21.2. The van der Waals surface area contributed by atoms with Gasteiger partial charge in [-0.15, -0.1) is 0 Å². The minimum absolute atomic E-state index is 0.0665. The number of carbonyl (C=O) groups excluding carboxylic acids is 3. The van der Waals surface area contributed by atoms with Crippen molar-refractivity contribution < 1.29 is 46.8 Å². The van der Waals surface area contributed by atoms with Gasteiger partial charge in [-0.1, -0.05) is 125 Å². The summed E-state index contributed by atoms with van der Waals surface area (Å²) < 4.78 is 33.7. The molecule has 0 aromatic carbocycles. The maximum atomic E-state index is 12.7. The van der Waals surface area contributed by atoms with Gasteiger partial charge in [0.25, 0.3) is 7.82 Å². The third-order valence-electron chi connectivity index (χ3n) is 8.38. The lowest BCUT2D eigenvalue weighted by Crippen LogP contribution is -2.37. The number of rotatable bonds is 37. The largest absolute Gasteiger partial charge is 0.756 e. The molecule has 57 heavy (non-hydrogen) atoms. The molecular weight excluding hydrogens is 741 g/mol. The lowest BCUT2D eigenvalue weighted by Gasteiger charge is -2.28. The average molecular weight is 818 g/mol. The Bertz CT molecular complexity index is 1310. The van der Waals surface area contributed by atoms with Gasteiger partial charge >= 0.3 is 11.9 Å². The molecule has 0 saturated heterocycles. The number of hydrogen-bond acceptors (Lipinski definition) is 9. The molecule has 1 unspecified atom stereocenters. The van der Waals surface area contributed by atoms with Gasteiger partial charge in [0, 0.05) is 19.3 Å². The number of likely N-dealkylation sites (N-methyl/N-ethyl adjacent to an activating group) is 1. The van der Waals surface area contributed by atoms with Crippen molar-refractivity contribution in [3.63, 3.8) is 0 Å². The highest BCUT2D eigenvalue weighted by molar-refractivity contribution is 7.45. The first kappa shape index (κ1) is 53.9. The van der Waals surface area contributed by atoms with Crippen molar-refractivity contribution in [1.29, 1.82) is 0 Å². The van der Waals surface area contributed by atoms with Crippen LogP contribution in [-0.4, -0.2) is 75.8 Å². The molecule has 324 valence electrons. The molecular formula is C46H76NO9P. The molecule has 0 N–H and O–H groups in total. The van der Waals surface area contributed by atoms with Gasteiger partial charge in [0.2, 0.25) is 0 Å². The fourth-order valence-electron chi connectivity index (χ4n) is 5.02. The Labute approximate surface area is 346 Å². The first-order chi connectivity index (χ1) is 27.4. The Balaban J connectivity index is 4.58. The van der Waals surface area contributed by atoms with E-state index in [1.54, 1.807) is 6.08 Å². The average Bonchev–Trinajstić information content (AvgIpc) is 3.15. The van der Waals surface area contributed by atoms with Gasteiger partial charge in [0.05, 0.1) is 27.7 Å². The van der Waals surface area contributed by atoms with Crippen molar-refractivity contribution >= 4 is 25.5 Å². The van der Waals surface area contributed by atoms with Crippen molar-refractivity contribution in [3.05, 3.63) is 85.1 Å². The predicted molar refractivity (Wildman–Crippen MR) is 231 cm³/mol. The Hall–Kier alpha value is -3.14. The molecule has 0 aliphatic rings. The Morgan fingerprint density at radius 1 is 0.614 bits per heavy atom. The number of carbonyl (C=O) groups is 3. The maximum Gasteiger partial charge on any atom is 0.306 e. The van der Waals surface area contributed by atoms with Crippen LogP contribution >= 0.6 is 7.82 Å². The van der Waals surface area contributed by atoms with Crippen LogP contribution in [0.3, 0.4) is 0 Å². The molecule has 0 saturated carbocycles. The Morgan fingerprint density at radius 2 is 1.18 bits per heavy atom. The summed E-state index contributed by atoms with van der Waals surface area (Å²) in [7, 11) is 1.04. The minimum Gasteiger partial charge on any atom is -0.756 e. The van der Waals surface area contributed by atoms with Gasteiger partial charge in [0.15, 0.2) is 11.9 Å². The molecule has 0 heterocycles. The maximum absolute atomic E-state index is 12.7. The molecule has 0 amide bonds. The molecule has 2 atom stereocenters. The molecule has 0 aliphatic heterocycles. The number of allylic oxidation sites excluding steroid dienone is 14. The van der Waals surface area contributed by atoms with E-state index in [2.05, 4.69) is 74.6 Å². The highest BCUT2D eigenvalue weighted by atomic mass is 31.2. The molecule has 11 heteroatoms. The van der Waals surface area contributed by atoms with Crippen LogP contribution in [0.1, 0.15) is 136 Å². The van der Waals surface area contributed by atoms with Gasteiger partial charge in [-0.05, 0) is 76.7 Å². The molecule has 0 radical (unpaired) electrons. The van der Waals surface area contributed by atoms with Crippen LogP contribution in [0.15, 0.2) is 85.1 Å². The van der Waals surface area contributed by atoms with Crippen LogP contribution in [0.25, 0.3) is 0 Å². The van der Waals surface area contributed by atoms with Crippen LogP contribution in [0.2, 0.25) is 0 Å². The monoisotopic (exact) mass is 818 g/mol. The standard InChI is InChI=1S/C46H76NO9P/c1-6-8-10-12-14-15-16-17-18-19-20-21-22-23-25-29-33-37-45(49)53-41-44(42-55-57(51,52)54-40-39-47(3,4)5)56-46(50)38-34-30-26-28-32-36-43(48)35-31-27-24-13-11-9-7-2/h8,10,14-15,17-18,20-21,23-25,27,31,35,44H,6-7,9,11-13,16,19,22,26,28-30,32-34,36-42H2,1-5H3/b10-8-,15-14-,18-17-,21-20-,25-23-,27-24-,35-31+/t44-/m1/s1. The van der Waals surface area contributed by atoms with E-state index >= 15 is 0 Å². The van der Waals surface area contributed by atoms with E-state index in [-0.39, 0.29) is 31.8 Å². The van der Waals surface area contributed by atoms with Gasteiger partial charge < -0.3 is 27.9 Å². The third kappa shape index (κ3) is 40.8. The lowest BCUT2D eigenvalue weighted by atomic mass is 10.1. The molecule has 0 spiro atoms. The van der Waals surface area contributed by atoms with E-state index in [0.717, 1.165) is 64.2 Å². The third-order valence-corrected chi connectivity index (χ3v) is 9.34. The van der Waals surface area contributed by atoms with E-state index in [1.165, 1.54) is 19.3 Å². The highest BCUT2D eigenvalue weighted by Crippen LogP contribution is 2.38. The molecule has 0 fully saturated rings. The van der Waals surface area contributed by atoms with E-state index in [1.807, 2.05) is 39.4 Å². The van der Waals surface area contributed by atoms with Gasteiger partial charge in [-0.2, -0.15) is 0 Å². The normalized spacial score (nSPS) is 14.4. The second-order valence-corrected chi connectivity index (χ2v) is 16.4. The summed E-state index contributed by atoms with van der Waals surface area (Å²) in [4.78, 5) is 49.5. The topological polar surface area (TPSA) is 128 Å². The van der Waals surface area contributed by atoms with Gasteiger partial charge in [0.1, 0.15) is 19.8 Å². The van der Waals surface area contributed by atoms with Crippen molar-refractivity contribution in [2.45, 2.75) is 142 Å². The summed E-state index contributed by atoms with van der Waals surface area (Å²) >= 11 is 0. The Kier molecular flexibility index (Phi) is 35.1. The summed E-state index contributed by atoms with van der Waals surface area (Å²) in [6.07, 6.45) is 43.0. The number of nitrogens with zero attached hydrogens (tertiary/aromatic N) is 1. The van der Waals surface area contributed by atoms with Crippen LogP contribution in [-0.2, 0) is 37.5 Å². The Morgan fingerprint density at radius 3 is 1.79 bits per heavy atom. The summed E-state index contributed by atoms with van der Waals surface area (Å²) in [6, 6.07) is 0. The fourth-order valence-corrected chi connectivity index (χ4v) is 5.75. The van der Waals surface area contributed by atoms with E-state index in [0.29, 0.717) is 36.7 Å². The van der Waals surface area contributed by atoms with Crippen LogP contribution in [0.4, 0.5) is 0 Å². The minimum atomic E-state index is -4.67. The number of ether oxygens (including phenoxy) is 2. The summed E-state index contributed by atoms with van der Waals surface area (Å²) in [6.45, 7) is 3.82. The SMILES string of the molecule is CC/C=C\C/C=C\C/C=C\C/C=C\C/C=C\CCCC(=O)OC[C@H](COP(=O)([O-])OCC[N+](C)(C)C)OC(=O)CCCCCCCC(=O)/C=C/C=C\CCCCC. The van der Waals surface area contributed by atoms with E-state index in [9.17, 15) is 23.8 Å². The number of phosphoric ester groups is 1. The number of hydrogen-bond donors (Lipinski definition) is 0. The summed E-state index contributed by atoms with van der Waals surface area (Å²) in [5, 5.41) is 0. The summed E-state index contributed by atoms with van der Waals surface area (Å²) in [5.41, 5.74) is 0. The van der Waals surface area contributed by atoms with E-state index in [4.69, 9.17) is 18.5 Å². The van der Waals surface area contributed by atoms with Crippen molar-refractivity contribution in [3.8, 4) is 0 Å². The van der Waals surface area contributed by atoms with Crippen LogP contribution < -0.4 is 4.89 Å². The van der Waals surface area contributed by atoms with Crippen molar-refractivity contribution in [2.75, 3.05) is 47.5 Å². The summed E-state index contributed by atoms with van der Waals surface area (Å²) in [5.74, 6) is -0.897. The zero-order valence-electron chi connectivity index (χ0n) is 36.0. The fraction of sp³-hybridized carbons (Fsp3) is 0.630. The molecule has 10 nitrogen and oxygen atoms in total. The smallest absolute Gasteiger partial charge is 0.306 e. The number of esters is 2. The molecule has 0 bridgehead atoms. The van der Waals surface area contributed by atoms with Crippen molar-refractivity contribution in [2.24, 2.45) is 0 Å².